The predicted octanol–water partition coefficient (Wildman–Crippen LogP) is 1.89. The fraction of sp³-hybridized carbons (Fsp3) is 0.364. The summed E-state index contributed by atoms with van der Waals surface area (Å²) in [5.74, 6) is -1.30. The van der Waals surface area contributed by atoms with Crippen molar-refractivity contribution in [2.24, 2.45) is 5.73 Å². The van der Waals surface area contributed by atoms with E-state index in [1.54, 1.807) is 0 Å². The Balaban J connectivity index is 2.55. The summed E-state index contributed by atoms with van der Waals surface area (Å²) in [6.45, 7) is 0. The molecule has 3 N–H and O–H groups in total. The Morgan fingerprint density at radius 1 is 1.41 bits per heavy atom. The maximum atomic E-state index is 12.5. The maximum absolute atomic E-state index is 12.5. The molecule has 0 saturated carbocycles. The molecule has 3 nitrogen and oxygen atoms in total. The molecule has 1 aromatic carbocycles. The highest BCUT2D eigenvalue weighted by molar-refractivity contribution is 5.82. The van der Waals surface area contributed by atoms with E-state index in [-0.39, 0.29) is 12.0 Å². The molecule has 1 aliphatic rings. The minimum absolute atomic E-state index is 0.0693. The lowest BCUT2D eigenvalue weighted by molar-refractivity contribution is -0.144. The number of alkyl halides is 3. The predicted molar refractivity (Wildman–Crippen MR) is 53.3 cm³/mol. The first kappa shape index (κ1) is 11.9. The molecule has 92 valence electrons. The normalized spacial score (nSPS) is 23.5. The first-order valence-corrected chi connectivity index (χ1v) is 4.98. The summed E-state index contributed by atoms with van der Waals surface area (Å²) in [6.07, 6.45) is -3.98. The van der Waals surface area contributed by atoms with Gasteiger partial charge in [-0.05, 0) is 36.1 Å². The van der Waals surface area contributed by atoms with E-state index < -0.39 is 23.2 Å². The van der Waals surface area contributed by atoms with Crippen LogP contribution in [0.3, 0.4) is 0 Å². The Labute approximate surface area is 95.0 Å². The van der Waals surface area contributed by atoms with Crippen molar-refractivity contribution in [1.29, 1.82) is 0 Å². The monoisotopic (exact) mass is 245 g/mol. The fourth-order valence-electron chi connectivity index (χ4n) is 2.07. The van der Waals surface area contributed by atoms with E-state index in [0.29, 0.717) is 12.0 Å². The highest BCUT2D eigenvalue weighted by Gasteiger charge is 2.43. The molecule has 0 radical (unpaired) electrons. The molecule has 0 heterocycles. The second-order valence-electron chi connectivity index (χ2n) is 4.15. The summed E-state index contributed by atoms with van der Waals surface area (Å²) in [5.41, 5.74) is 3.74. The van der Waals surface area contributed by atoms with Gasteiger partial charge < -0.3 is 10.8 Å². The third kappa shape index (κ3) is 1.78. The number of nitrogens with two attached hydrogens (primary N) is 1. The minimum atomic E-state index is -4.49. The Morgan fingerprint density at radius 2 is 2.06 bits per heavy atom. The summed E-state index contributed by atoms with van der Waals surface area (Å²) >= 11 is 0. The average Bonchev–Trinajstić information content (AvgIpc) is 2.56. The Hall–Kier alpha value is -1.56. The van der Waals surface area contributed by atoms with Crippen molar-refractivity contribution in [3.63, 3.8) is 0 Å². The lowest BCUT2D eigenvalue weighted by atomic mass is 9.92. The SMILES string of the molecule is NC1(C(=O)O)CCc2ccc(C(F)(F)F)cc21. The molecule has 0 aliphatic heterocycles. The molecule has 0 saturated heterocycles. The molecule has 0 aromatic heterocycles. The first-order valence-electron chi connectivity index (χ1n) is 4.98. The number of hydrogen-bond acceptors (Lipinski definition) is 2. The van der Waals surface area contributed by atoms with Crippen molar-refractivity contribution in [2.75, 3.05) is 0 Å². The lowest BCUT2D eigenvalue weighted by Gasteiger charge is -2.20. The van der Waals surface area contributed by atoms with Crippen LogP contribution >= 0.6 is 0 Å². The second-order valence-corrected chi connectivity index (χ2v) is 4.15. The van der Waals surface area contributed by atoms with Crippen LogP contribution in [0, 0.1) is 0 Å². The van der Waals surface area contributed by atoms with Crippen molar-refractivity contribution in [3.8, 4) is 0 Å². The van der Waals surface area contributed by atoms with Crippen LogP contribution in [0.2, 0.25) is 0 Å². The molecule has 1 unspecified atom stereocenters. The standard InChI is InChI=1S/C11H10F3NO2/c12-11(13,14)7-2-1-6-3-4-10(15,9(16)17)8(6)5-7/h1-2,5H,3-4,15H2,(H,16,17). The van der Waals surface area contributed by atoms with Crippen LogP contribution in [0.1, 0.15) is 23.1 Å². The van der Waals surface area contributed by atoms with Gasteiger partial charge in [0.25, 0.3) is 0 Å². The molecule has 0 bridgehead atoms. The lowest BCUT2D eigenvalue weighted by Crippen LogP contribution is -2.42. The molecular formula is C11H10F3NO2. The largest absolute Gasteiger partial charge is 0.480 e. The molecule has 0 spiro atoms. The molecule has 2 rings (SSSR count). The van der Waals surface area contributed by atoms with Crippen LogP contribution in [0.4, 0.5) is 13.2 Å². The van der Waals surface area contributed by atoms with E-state index in [2.05, 4.69) is 0 Å². The number of aliphatic carboxylic acids is 1. The molecule has 1 aromatic rings. The highest BCUT2D eigenvalue weighted by atomic mass is 19.4. The molecule has 1 atom stereocenters. The number of aryl methyl sites for hydroxylation is 1. The molecular weight excluding hydrogens is 235 g/mol. The summed E-state index contributed by atoms with van der Waals surface area (Å²) < 4.78 is 37.6. The van der Waals surface area contributed by atoms with Crippen molar-refractivity contribution >= 4 is 5.97 Å². The summed E-state index contributed by atoms with van der Waals surface area (Å²) in [4.78, 5) is 11.0. The van der Waals surface area contributed by atoms with Crippen LogP contribution in [0.5, 0.6) is 0 Å². The van der Waals surface area contributed by atoms with Gasteiger partial charge >= 0.3 is 12.1 Å². The molecule has 1 aliphatic carbocycles. The number of rotatable bonds is 1. The van der Waals surface area contributed by atoms with Gasteiger partial charge in [-0.3, -0.25) is 0 Å². The van der Waals surface area contributed by atoms with Gasteiger partial charge in [0.15, 0.2) is 0 Å². The van der Waals surface area contributed by atoms with Crippen molar-refractivity contribution in [2.45, 2.75) is 24.6 Å². The summed E-state index contributed by atoms with van der Waals surface area (Å²) in [5, 5.41) is 9.01. The van der Waals surface area contributed by atoms with E-state index in [4.69, 9.17) is 10.8 Å². The van der Waals surface area contributed by atoms with Gasteiger partial charge in [-0.1, -0.05) is 6.07 Å². The van der Waals surface area contributed by atoms with Crippen LogP contribution in [0.25, 0.3) is 0 Å². The van der Waals surface area contributed by atoms with E-state index in [1.807, 2.05) is 0 Å². The van der Waals surface area contributed by atoms with Gasteiger partial charge in [-0.15, -0.1) is 0 Å². The highest BCUT2D eigenvalue weighted by Crippen LogP contribution is 2.39. The topological polar surface area (TPSA) is 63.3 Å². The van der Waals surface area contributed by atoms with Crippen molar-refractivity contribution in [3.05, 3.63) is 34.9 Å². The van der Waals surface area contributed by atoms with Gasteiger partial charge in [0.2, 0.25) is 0 Å². The van der Waals surface area contributed by atoms with E-state index in [1.165, 1.54) is 6.07 Å². The molecule has 0 amide bonds. The Bertz CT molecular complexity index is 484. The Morgan fingerprint density at radius 3 is 2.59 bits per heavy atom. The van der Waals surface area contributed by atoms with Gasteiger partial charge in [0.1, 0.15) is 5.54 Å². The Kier molecular flexibility index (Phi) is 2.43. The minimum Gasteiger partial charge on any atom is -0.480 e. The zero-order valence-electron chi connectivity index (χ0n) is 8.71. The summed E-state index contributed by atoms with van der Waals surface area (Å²) in [6, 6.07) is 3.10. The number of carboxylic acids is 1. The van der Waals surface area contributed by atoms with Gasteiger partial charge in [0.05, 0.1) is 5.56 Å². The zero-order chi connectivity index (χ0) is 12.8. The average molecular weight is 245 g/mol. The smallest absolute Gasteiger partial charge is 0.416 e. The number of carbonyl (C=O) groups is 1. The second kappa shape index (κ2) is 3.46. The number of fused-ring (bicyclic) bond motifs is 1. The van der Waals surface area contributed by atoms with Crippen LogP contribution in [-0.2, 0) is 22.9 Å². The van der Waals surface area contributed by atoms with Crippen LogP contribution in [-0.4, -0.2) is 11.1 Å². The number of carboxylic acid groups (broad SMARTS) is 1. The number of benzene rings is 1. The molecule has 6 heteroatoms. The van der Waals surface area contributed by atoms with Crippen molar-refractivity contribution < 1.29 is 23.1 Å². The van der Waals surface area contributed by atoms with E-state index >= 15 is 0 Å². The number of hydrogen-bond donors (Lipinski definition) is 2. The fourth-order valence-corrected chi connectivity index (χ4v) is 2.07. The van der Waals surface area contributed by atoms with Crippen LogP contribution < -0.4 is 5.73 Å². The third-order valence-electron chi connectivity index (χ3n) is 3.09. The van der Waals surface area contributed by atoms with E-state index in [9.17, 15) is 18.0 Å². The number of halogens is 3. The molecule has 17 heavy (non-hydrogen) atoms. The third-order valence-corrected chi connectivity index (χ3v) is 3.09. The molecule has 0 fully saturated rings. The quantitative estimate of drug-likeness (QED) is 0.794. The van der Waals surface area contributed by atoms with Crippen LogP contribution in [0.15, 0.2) is 18.2 Å². The van der Waals surface area contributed by atoms with Gasteiger partial charge in [0, 0.05) is 0 Å². The first-order chi connectivity index (χ1) is 7.75. The van der Waals surface area contributed by atoms with E-state index in [0.717, 1.165) is 12.1 Å². The van der Waals surface area contributed by atoms with Crippen molar-refractivity contribution in [1.82, 2.24) is 0 Å². The van der Waals surface area contributed by atoms with Gasteiger partial charge in [-0.25, -0.2) is 4.79 Å². The zero-order valence-corrected chi connectivity index (χ0v) is 8.71. The van der Waals surface area contributed by atoms with Gasteiger partial charge in [-0.2, -0.15) is 13.2 Å². The summed E-state index contributed by atoms with van der Waals surface area (Å²) in [7, 11) is 0. The maximum Gasteiger partial charge on any atom is 0.416 e.